The molecule has 1 aromatic heterocycles. The average molecular weight is 231 g/mol. The van der Waals surface area contributed by atoms with E-state index in [0.717, 1.165) is 25.2 Å². The van der Waals surface area contributed by atoms with E-state index in [2.05, 4.69) is 34.1 Å². The van der Waals surface area contributed by atoms with Crippen LogP contribution in [0.25, 0.3) is 0 Å². The van der Waals surface area contributed by atoms with Gasteiger partial charge in [-0.1, -0.05) is 12.8 Å². The first-order valence-electron chi connectivity index (χ1n) is 6.01. The Hall–Kier alpha value is -1.53. The lowest BCUT2D eigenvalue weighted by molar-refractivity contribution is 0.779. The number of pyridine rings is 1. The van der Waals surface area contributed by atoms with Gasteiger partial charge in [0.15, 0.2) is 0 Å². The first-order chi connectivity index (χ1) is 8.22. The minimum atomic E-state index is 0.647. The molecule has 1 heterocycles. The first kappa shape index (κ1) is 13.5. The summed E-state index contributed by atoms with van der Waals surface area (Å²) in [4.78, 5) is 6.58. The summed E-state index contributed by atoms with van der Waals surface area (Å²) in [5.41, 5.74) is 3.42. The number of nitrogens with zero attached hydrogens (tertiary/aromatic N) is 2. The molecule has 1 rings (SSSR count). The lowest BCUT2D eigenvalue weighted by atomic mass is 10.1. The molecule has 3 nitrogen and oxygen atoms in total. The Morgan fingerprint density at radius 3 is 2.88 bits per heavy atom. The SMILES string of the molecule is C#CCN(CCC)c1cc(C)ncc1CNC. The van der Waals surface area contributed by atoms with E-state index in [9.17, 15) is 0 Å². The molecule has 3 heteroatoms. The van der Waals surface area contributed by atoms with Crippen LogP contribution in [0.4, 0.5) is 5.69 Å². The predicted octanol–water partition coefficient (Wildman–Crippen LogP) is 1.96. The van der Waals surface area contributed by atoms with Crippen LogP contribution in [0.3, 0.4) is 0 Å². The molecule has 0 aliphatic carbocycles. The lowest BCUT2D eigenvalue weighted by Crippen LogP contribution is -2.26. The van der Waals surface area contributed by atoms with Crippen molar-refractivity contribution in [3.05, 3.63) is 23.5 Å². The monoisotopic (exact) mass is 231 g/mol. The first-order valence-corrected chi connectivity index (χ1v) is 6.01. The normalized spacial score (nSPS) is 10.0. The van der Waals surface area contributed by atoms with Gasteiger partial charge in [-0.3, -0.25) is 4.98 Å². The van der Waals surface area contributed by atoms with Crippen LogP contribution in [-0.2, 0) is 6.54 Å². The largest absolute Gasteiger partial charge is 0.360 e. The molecule has 92 valence electrons. The van der Waals surface area contributed by atoms with Crippen LogP contribution in [0.2, 0.25) is 0 Å². The van der Waals surface area contributed by atoms with Gasteiger partial charge in [0.2, 0.25) is 0 Å². The van der Waals surface area contributed by atoms with Gasteiger partial charge in [-0.05, 0) is 26.5 Å². The molecule has 0 aliphatic heterocycles. The summed E-state index contributed by atoms with van der Waals surface area (Å²) in [5, 5.41) is 3.16. The van der Waals surface area contributed by atoms with Crippen molar-refractivity contribution in [2.75, 3.05) is 25.0 Å². The third kappa shape index (κ3) is 3.76. The van der Waals surface area contributed by atoms with Crippen LogP contribution in [0.1, 0.15) is 24.6 Å². The average Bonchev–Trinajstić information content (AvgIpc) is 2.31. The highest BCUT2D eigenvalue weighted by Gasteiger charge is 2.10. The Morgan fingerprint density at radius 2 is 2.29 bits per heavy atom. The predicted molar refractivity (Wildman–Crippen MR) is 73.1 cm³/mol. The summed E-state index contributed by atoms with van der Waals surface area (Å²) in [6.45, 7) is 6.60. The molecule has 0 bridgehead atoms. The van der Waals surface area contributed by atoms with Crippen LogP contribution in [0.5, 0.6) is 0 Å². The van der Waals surface area contributed by atoms with Gasteiger partial charge in [0, 0.05) is 36.2 Å². The topological polar surface area (TPSA) is 28.2 Å². The quantitative estimate of drug-likeness (QED) is 0.759. The van der Waals surface area contributed by atoms with Crippen molar-refractivity contribution in [2.45, 2.75) is 26.8 Å². The highest BCUT2D eigenvalue weighted by molar-refractivity contribution is 5.54. The standard InChI is InChI=1S/C14H21N3/c1-5-7-17(8-6-2)14-9-12(3)16-11-13(14)10-15-4/h1,9,11,15H,6-8,10H2,2-4H3. The van der Waals surface area contributed by atoms with Crippen molar-refractivity contribution in [1.29, 1.82) is 0 Å². The Balaban J connectivity index is 3.05. The lowest BCUT2D eigenvalue weighted by Gasteiger charge is -2.24. The van der Waals surface area contributed by atoms with E-state index < -0.39 is 0 Å². The van der Waals surface area contributed by atoms with Gasteiger partial charge in [0.25, 0.3) is 0 Å². The molecule has 0 fully saturated rings. The van der Waals surface area contributed by atoms with Crippen molar-refractivity contribution >= 4 is 5.69 Å². The summed E-state index contributed by atoms with van der Waals surface area (Å²) < 4.78 is 0. The van der Waals surface area contributed by atoms with Gasteiger partial charge in [-0.2, -0.15) is 0 Å². The van der Waals surface area contributed by atoms with Gasteiger partial charge in [0.05, 0.1) is 6.54 Å². The second kappa shape index (κ2) is 6.93. The molecule has 1 N–H and O–H groups in total. The highest BCUT2D eigenvalue weighted by Crippen LogP contribution is 2.21. The van der Waals surface area contributed by atoms with Gasteiger partial charge < -0.3 is 10.2 Å². The summed E-state index contributed by atoms with van der Waals surface area (Å²) in [6, 6.07) is 2.11. The van der Waals surface area contributed by atoms with E-state index in [1.54, 1.807) is 0 Å². The molecule has 1 aromatic rings. The Morgan fingerprint density at radius 1 is 1.53 bits per heavy atom. The van der Waals surface area contributed by atoms with Gasteiger partial charge >= 0.3 is 0 Å². The van der Waals surface area contributed by atoms with Gasteiger partial charge in [0.1, 0.15) is 0 Å². The second-order valence-electron chi connectivity index (χ2n) is 4.11. The Bertz CT molecular complexity index is 393. The zero-order valence-corrected chi connectivity index (χ0v) is 11.0. The van der Waals surface area contributed by atoms with Crippen LogP contribution in [0, 0.1) is 19.3 Å². The van der Waals surface area contributed by atoms with E-state index in [-0.39, 0.29) is 0 Å². The molecule has 0 atom stereocenters. The molecule has 0 radical (unpaired) electrons. The third-order valence-corrected chi connectivity index (χ3v) is 2.58. The molecule has 17 heavy (non-hydrogen) atoms. The van der Waals surface area contributed by atoms with E-state index in [1.807, 2.05) is 20.2 Å². The number of hydrogen-bond acceptors (Lipinski definition) is 3. The molecular weight excluding hydrogens is 210 g/mol. The van der Waals surface area contributed by atoms with Gasteiger partial charge in [-0.15, -0.1) is 6.42 Å². The van der Waals surface area contributed by atoms with Crippen molar-refractivity contribution in [3.63, 3.8) is 0 Å². The van der Waals surface area contributed by atoms with Crippen molar-refractivity contribution in [2.24, 2.45) is 0 Å². The fourth-order valence-electron chi connectivity index (χ4n) is 1.86. The van der Waals surface area contributed by atoms with E-state index in [1.165, 1.54) is 11.3 Å². The number of aromatic nitrogens is 1. The number of terminal acetylenes is 1. The zero-order chi connectivity index (χ0) is 12.7. The van der Waals surface area contributed by atoms with Crippen LogP contribution in [0.15, 0.2) is 12.3 Å². The van der Waals surface area contributed by atoms with E-state index in [0.29, 0.717) is 6.54 Å². The zero-order valence-electron chi connectivity index (χ0n) is 11.0. The molecule has 0 saturated carbocycles. The van der Waals surface area contributed by atoms with Crippen LogP contribution >= 0.6 is 0 Å². The van der Waals surface area contributed by atoms with Crippen LogP contribution < -0.4 is 10.2 Å². The summed E-state index contributed by atoms with van der Waals surface area (Å²) in [6.07, 6.45) is 8.45. The highest BCUT2D eigenvalue weighted by atomic mass is 15.1. The summed E-state index contributed by atoms with van der Waals surface area (Å²) >= 11 is 0. The molecule has 0 aliphatic rings. The minimum Gasteiger partial charge on any atom is -0.360 e. The van der Waals surface area contributed by atoms with Crippen molar-refractivity contribution < 1.29 is 0 Å². The second-order valence-corrected chi connectivity index (χ2v) is 4.11. The molecular formula is C14H21N3. The summed E-state index contributed by atoms with van der Waals surface area (Å²) in [5.74, 6) is 2.72. The van der Waals surface area contributed by atoms with Gasteiger partial charge in [-0.25, -0.2) is 0 Å². The van der Waals surface area contributed by atoms with Crippen LogP contribution in [-0.4, -0.2) is 25.1 Å². The van der Waals surface area contributed by atoms with E-state index >= 15 is 0 Å². The number of anilines is 1. The molecule has 0 saturated heterocycles. The maximum Gasteiger partial charge on any atom is 0.0791 e. The molecule has 0 spiro atoms. The fraction of sp³-hybridized carbons (Fsp3) is 0.500. The molecule has 0 amide bonds. The maximum absolute atomic E-state index is 5.44. The number of hydrogen-bond donors (Lipinski definition) is 1. The van der Waals surface area contributed by atoms with Crippen molar-refractivity contribution in [3.8, 4) is 12.3 Å². The smallest absolute Gasteiger partial charge is 0.0791 e. The molecule has 0 aromatic carbocycles. The number of rotatable bonds is 6. The Kier molecular flexibility index (Phi) is 5.51. The number of nitrogens with one attached hydrogen (secondary N) is 1. The third-order valence-electron chi connectivity index (χ3n) is 2.58. The molecule has 0 unspecified atom stereocenters. The maximum atomic E-state index is 5.44. The van der Waals surface area contributed by atoms with E-state index in [4.69, 9.17) is 6.42 Å². The summed E-state index contributed by atoms with van der Waals surface area (Å²) in [7, 11) is 1.94. The fourth-order valence-corrected chi connectivity index (χ4v) is 1.86. The number of aryl methyl sites for hydroxylation is 1. The Labute approximate surface area is 104 Å². The van der Waals surface area contributed by atoms with Crippen molar-refractivity contribution in [1.82, 2.24) is 10.3 Å². The minimum absolute atomic E-state index is 0.647.